The molecule has 7 heteroatoms. The van der Waals surface area contributed by atoms with Crippen LogP contribution in [0.3, 0.4) is 0 Å². The predicted octanol–water partition coefficient (Wildman–Crippen LogP) is 2.82. The molecule has 3 nitrogen and oxygen atoms in total. The summed E-state index contributed by atoms with van der Waals surface area (Å²) >= 11 is 13.1. The van der Waals surface area contributed by atoms with E-state index in [0.717, 1.165) is 5.75 Å². The molecular formula is C10H17Cl3N2OS. The van der Waals surface area contributed by atoms with E-state index in [0.29, 0.717) is 25.0 Å². The highest BCUT2D eigenvalue weighted by Crippen LogP contribution is 2.23. The van der Waals surface area contributed by atoms with Crippen molar-refractivity contribution in [2.24, 2.45) is 4.99 Å². The van der Waals surface area contributed by atoms with Crippen LogP contribution in [-0.4, -0.2) is 55.1 Å². The lowest BCUT2D eigenvalue weighted by Crippen LogP contribution is -2.32. The third-order valence-corrected chi connectivity index (χ3v) is 3.63. The summed E-state index contributed by atoms with van der Waals surface area (Å²) in [5, 5.41) is 1.18. The van der Waals surface area contributed by atoms with Gasteiger partial charge in [0.1, 0.15) is 6.17 Å². The third-order valence-electron chi connectivity index (χ3n) is 2.11. The zero-order valence-electron chi connectivity index (χ0n) is 9.64. The minimum atomic E-state index is 0. The maximum Gasteiger partial charge on any atom is 0.134 e. The number of halogens is 3. The number of ether oxygens (including phenoxy) is 1. The lowest BCUT2D eigenvalue weighted by Gasteiger charge is -2.29. The van der Waals surface area contributed by atoms with Gasteiger partial charge in [-0.3, -0.25) is 4.99 Å². The van der Waals surface area contributed by atoms with Crippen LogP contribution in [0.25, 0.3) is 0 Å². The summed E-state index contributed by atoms with van der Waals surface area (Å²) in [6, 6.07) is 0. The molecule has 1 heterocycles. The van der Waals surface area contributed by atoms with Crippen molar-refractivity contribution < 1.29 is 4.74 Å². The fourth-order valence-electron chi connectivity index (χ4n) is 1.23. The molecule has 1 aliphatic heterocycles. The van der Waals surface area contributed by atoms with Crippen LogP contribution in [0, 0.1) is 0 Å². The van der Waals surface area contributed by atoms with Crippen LogP contribution in [0.15, 0.2) is 16.1 Å². The zero-order valence-corrected chi connectivity index (χ0v) is 12.8. The average Bonchev–Trinajstić information content (AvgIpc) is 2.31. The molecule has 1 atom stereocenters. The van der Waals surface area contributed by atoms with Crippen LogP contribution >= 0.6 is 47.4 Å². The number of nitrogens with zero attached hydrogens (tertiary/aromatic N) is 2. The van der Waals surface area contributed by atoms with Crippen molar-refractivity contribution in [3.05, 3.63) is 11.1 Å². The van der Waals surface area contributed by atoms with Gasteiger partial charge in [0.05, 0.1) is 24.1 Å². The fourth-order valence-corrected chi connectivity index (χ4v) is 2.51. The quantitative estimate of drug-likeness (QED) is 0.533. The van der Waals surface area contributed by atoms with Gasteiger partial charge in [-0.25, -0.2) is 0 Å². The van der Waals surface area contributed by atoms with Gasteiger partial charge in [0, 0.05) is 24.9 Å². The van der Waals surface area contributed by atoms with E-state index in [2.05, 4.69) is 9.89 Å². The van der Waals surface area contributed by atoms with Gasteiger partial charge in [-0.2, -0.15) is 0 Å². The molecule has 0 N–H and O–H groups in total. The molecule has 0 bridgehead atoms. The molecule has 0 aromatic heterocycles. The second kappa shape index (κ2) is 10.3. The van der Waals surface area contributed by atoms with E-state index < -0.39 is 0 Å². The first-order valence-corrected chi connectivity index (χ1v) is 7.13. The molecule has 0 aromatic carbocycles. The van der Waals surface area contributed by atoms with Crippen LogP contribution < -0.4 is 0 Å². The highest BCUT2D eigenvalue weighted by molar-refractivity contribution is 8.03. The van der Waals surface area contributed by atoms with E-state index in [1.165, 1.54) is 5.03 Å². The normalized spacial score (nSPS) is 18.9. The summed E-state index contributed by atoms with van der Waals surface area (Å²) in [6.07, 6.45) is 3.86. The Morgan fingerprint density at radius 2 is 2.24 bits per heavy atom. The van der Waals surface area contributed by atoms with Crippen molar-refractivity contribution >= 4 is 53.6 Å². The predicted molar refractivity (Wildman–Crippen MR) is 80.1 cm³/mol. The number of alkyl halides is 2. The van der Waals surface area contributed by atoms with Crippen LogP contribution in [0.4, 0.5) is 0 Å². The van der Waals surface area contributed by atoms with E-state index in [1.807, 2.05) is 19.3 Å². The summed E-state index contributed by atoms with van der Waals surface area (Å²) < 4.78 is 5.30. The molecule has 17 heavy (non-hydrogen) atoms. The second-order valence-electron chi connectivity index (χ2n) is 3.20. The first-order chi connectivity index (χ1) is 7.79. The highest BCUT2D eigenvalue weighted by Gasteiger charge is 2.17. The molecule has 0 aromatic rings. The summed E-state index contributed by atoms with van der Waals surface area (Å²) in [4.78, 5) is 6.35. The Morgan fingerprint density at radius 3 is 2.88 bits per heavy atom. The Kier molecular flexibility index (Phi) is 10.6. The largest absolute Gasteiger partial charge is 0.379 e. The molecule has 0 saturated heterocycles. The summed E-state index contributed by atoms with van der Waals surface area (Å²) in [6.45, 7) is 1.33. The van der Waals surface area contributed by atoms with Crippen molar-refractivity contribution in [1.82, 2.24) is 4.90 Å². The van der Waals surface area contributed by atoms with Gasteiger partial charge in [-0.15, -0.1) is 47.4 Å². The lowest BCUT2D eigenvalue weighted by molar-refractivity contribution is 0.166. The van der Waals surface area contributed by atoms with Gasteiger partial charge in [0.15, 0.2) is 0 Å². The Labute approximate surface area is 123 Å². The first-order valence-electron chi connectivity index (χ1n) is 5.08. The van der Waals surface area contributed by atoms with E-state index >= 15 is 0 Å². The van der Waals surface area contributed by atoms with E-state index in [4.69, 9.17) is 27.9 Å². The third kappa shape index (κ3) is 6.20. The average molecular weight is 320 g/mol. The van der Waals surface area contributed by atoms with E-state index in [1.54, 1.807) is 11.8 Å². The Hall–Kier alpha value is 0.390. The molecule has 0 spiro atoms. The molecule has 0 radical (unpaired) electrons. The summed E-state index contributed by atoms with van der Waals surface area (Å²) in [5.41, 5.74) is 0. The highest BCUT2D eigenvalue weighted by atomic mass is 35.5. The van der Waals surface area contributed by atoms with Gasteiger partial charge >= 0.3 is 0 Å². The number of aliphatic imine (C=N–C) groups is 1. The van der Waals surface area contributed by atoms with Crippen LogP contribution in [0.1, 0.15) is 0 Å². The molecule has 1 rings (SSSR count). The van der Waals surface area contributed by atoms with Gasteiger partial charge in [0.25, 0.3) is 0 Å². The first kappa shape index (κ1) is 17.4. The molecular weight excluding hydrogens is 303 g/mol. The molecule has 0 amide bonds. The number of rotatable bonds is 7. The summed E-state index contributed by atoms with van der Waals surface area (Å²) in [7, 11) is 2.00. The van der Waals surface area contributed by atoms with Gasteiger partial charge in [-0.05, 0) is 6.08 Å². The van der Waals surface area contributed by atoms with Crippen molar-refractivity contribution in [1.29, 1.82) is 0 Å². The second-order valence-corrected chi connectivity index (χ2v) is 5.00. The topological polar surface area (TPSA) is 24.8 Å². The van der Waals surface area contributed by atoms with E-state index in [9.17, 15) is 0 Å². The molecule has 100 valence electrons. The summed E-state index contributed by atoms with van der Waals surface area (Å²) in [5.74, 6) is 1.97. The molecule has 0 saturated carbocycles. The van der Waals surface area contributed by atoms with Crippen molar-refractivity contribution in [2.75, 3.05) is 37.8 Å². The smallest absolute Gasteiger partial charge is 0.134 e. The Bertz CT molecular complexity index is 264. The minimum absolute atomic E-state index is 0. The molecule has 0 aliphatic carbocycles. The number of thioether (sulfide) groups is 1. The molecule has 0 fully saturated rings. The Balaban J connectivity index is 0.00000256. The molecule has 1 unspecified atom stereocenters. The molecule has 1 aliphatic rings. The van der Waals surface area contributed by atoms with Crippen molar-refractivity contribution in [2.45, 2.75) is 6.17 Å². The minimum Gasteiger partial charge on any atom is -0.379 e. The van der Waals surface area contributed by atoms with Crippen molar-refractivity contribution in [3.63, 3.8) is 0 Å². The van der Waals surface area contributed by atoms with Gasteiger partial charge in [-0.1, -0.05) is 0 Å². The van der Waals surface area contributed by atoms with Crippen molar-refractivity contribution in [3.8, 4) is 0 Å². The number of hydrogen-bond donors (Lipinski definition) is 0. The van der Waals surface area contributed by atoms with Gasteiger partial charge in [0.2, 0.25) is 0 Å². The van der Waals surface area contributed by atoms with Crippen LogP contribution in [0.5, 0.6) is 0 Å². The number of allylic oxidation sites excluding steroid dienone is 1. The van der Waals surface area contributed by atoms with Crippen LogP contribution in [-0.2, 0) is 4.74 Å². The monoisotopic (exact) mass is 318 g/mol. The van der Waals surface area contributed by atoms with Crippen LogP contribution in [0.2, 0.25) is 0 Å². The van der Waals surface area contributed by atoms with E-state index in [-0.39, 0.29) is 18.6 Å². The fraction of sp³-hybridized carbons (Fsp3) is 0.700. The zero-order chi connectivity index (χ0) is 11.8. The maximum atomic E-state index is 5.81. The SMILES string of the molecule is CN1C(SCCOCCCl)=CC=NC1CCl.Cl. The van der Waals surface area contributed by atoms with Gasteiger partial charge < -0.3 is 9.64 Å². The lowest BCUT2D eigenvalue weighted by atomic mass is 10.4. The maximum absolute atomic E-state index is 5.81. The number of hydrogen-bond acceptors (Lipinski definition) is 4. The standard InChI is InChI=1S/C10H16Cl2N2OS.ClH/c1-14-9(8-12)13-4-2-10(14)16-7-6-15-5-3-11;/h2,4,9H,3,5-8H2,1H3;1H. The Morgan fingerprint density at radius 1 is 1.47 bits per heavy atom.